The molecule has 4 N–H and O–H groups in total. The van der Waals surface area contributed by atoms with Crippen LogP contribution >= 0.6 is 0 Å². The van der Waals surface area contributed by atoms with Crippen molar-refractivity contribution in [3.63, 3.8) is 0 Å². The second-order valence-corrected chi connectivity index (χ2v) is 4.79. The summed E-state index contributed by atoms with van der Waals surface area (Å²) in [5, 5.41) is 14.2. The number of rotatable bonds is 5. The Balaban J connectivity index is 2.61. The summed E-state index contributed by atoms with van der Waals surface area (Å²) in [5.41, 5.74) is -0.0948. The van der Waals surface area contributed by atoms with Gasteiger partial charge in [0.25, 0.3) is 10.2 Å². The van der Waals surface area contributed by atoms with Gasteiger partial charge in [-0.05, 0) is 12.5 Å². The van der Waals surface area contributed by atoms with Gasteiger partial charge in [-0.2, -0.15) is 8.42 Å². The van der Waals surface area contributed by atoms with Gasteiger partial charge >= 0.3 is 0 Å². The molecule has 0 radical (unpaired) electrons. The summed E-state index contributed by atoms with van der Waals surface area (Å²) in [6.07, 6.45) is -1.30. The number of nitrogens with one attached hydrogen (secondary N) is 1. The van der Waals surface area contributed by atoms with Crippen molar-refractivity contribution < 1.29 is 22.3 Å². The van der Waals surface area contributed by atoms with E-state index < -0.39 is 27.9 Å². The predicted octanol–water partition coefficient (Wildman–Crippen LogP) is 0.181. The van der Waals surface area contributed by atoms with Crippen LogP contribution in [0.4, 0.5) is 8.78 Å². The highest BCUT2D eigenvalue weighted by Gasteiger charge is 2.14. The van der Waals surface area contributed by atoms with Crippen LogP contribution in [0.2, 0.25) is 0 Å². The molecule has 0 aliphatic carbocycles. The third-order valence-electron chi connectivity index (χ3n) is 2.04. The maximum absolute atomic E-state index is 13.2. The lowest BCUT2D eigenvalue weighted by molar-refractivity contribution is 0.164. The van der Waals surface area contributed by atoms with Crippen LogP contribution < -0.4 is 9.86 Å². The predicted molar refractivity (Wildman–Crippen MR) is 57.0 cm³/mol. The minimum Gasteiger partial charge on any atom is -0.388 e. The second-order valence-electron chi connectivity index (χ2n) is 3.41. The van der Waals surface area contributed by atoms with Gasteiger partial charge in [-0.1, -0.05) is 6.07 Å². The summed E-state index contributed by atoms with van der Waals surface area (Å²) in [4.78, 5) is 0. The molecule has 1 aromatic rings. The van der Waals surface area contributed by atoms with Crippen molar-refractivity contribution in [3.8, 4) is 0 Å². The second kappa shape index (κ2) is 5.50. The largest absolute Gasteiger partial charge is 0.388 e. The molecule has 0 spiro atoms. The first kappa shape index (κ1) is 14.0. The summed E-state index contributed by atoms with van der Waals surface area (Å²) in [6, 6.07) is 2.76. The fraction of sp³-hybridized carbons (Fsp3) is 0.333. The van der Waals surface area contributed by atoms with Crippen molar-refractivity contribution in [2.24, 2.45) is 5.14 Å². The van der Waals surface area contributed by atoms with Crippen LogP contribution in [-0.4, -0.2) is 20.1 Å². The molecule has 1 aromatic carbocycles. The van der Waals surface area contributed by atoms with Crippen LogP contribution in [0.3, 0.4) is 0 Å². The summed E-state index contributed by atoms with van der Waals surface area (Å²) in [7, 11) is -3.83. The maximum Gasteiger partial charge on any atom is 0.274 e. The zero-order valence-electron chi connectivity index (χ0n) is 8.73. The van der Waals surface area contributed by atoms with Crippen molar-refractivity contribution in [2.75, 3.05) is 6.54 Å². The first-order chi connectivity index (χ1) is 7.79. The van der Waals surface area contributed by atoms with Gasteiger partial charge in [0, 0.05) is 18.2 Å². The van der Waals surface area contributed by atoms with E-state index >= 15 is 0 Å². The fourth-order valence-electron chi connectivity index (χ4n) is 1.27. The quantitative estimate of drug-likeness (QED) is 0.710. The van der Waals surface area contributed by atoms with Crippen molar-refractivity contribution in [1.82, 2.24) is 4.72 Å². The lowest BCUT2D eigenvalue weighted by atomic mass is 10.1. The van der Waals surface area contributed by atoms with E-state index in [9.17, 15) is 22.3 Å². The van der Waals surface area contributed by atoms with E-state index in [1.165, 1.54) is 0 Å². The van der Waals surface area contributed by atoms with Crippen LogP contribution in [0.15, 0.2) is 18.2 Å². The monoisotopic (exact) mass is 266 g/mol. The molecule has 0 aromatic heterocycles. The van der Waals surface area contributed by atoms with Gasteiger partial charge in [0.1, 0.15) is 11.6 Å². The van der Waals surface area contributed by atoms with Gasteiger partial charge in [0.2, 0.25) is 0 Å². The van der Waals surface area contributed by atoms with Gasteiger partial charge in [-0.25, -0.2) is 18.6 Å². The summed E-state index contributed by atoms with van der Waals surface area (Å²) < 4.78 is 48.8. The fourth-order valence-corrected chi connectivity index (χ4v) is 1.67. The average Bonchev–Trinajstić information content (AvgIpc) is 2.15. The Morgan fingerprint density at radius 2 is 2.06 bits per heavy atom. The molecule has 0 aliphatic heterocycles. The number of aliphatic hydroxyl groups is 1. The first-order valence-electron chi connectivity index (χ1n) is 4.70. The molecule has 0 heterocycles. The van der Waals surface area contributed by atoms with Crippen LogP contribution in [0.5, 0.6) is 0 Å². The Hall–Kier alpha value is -1.09. The van der Waals surface area contributed by atoms with Gasteiger partial charge in [-0.15, -0.1) is 0 Å². The van der Waals surface area contributed by atoms with Crippen molar-refractivity contribution in [1.29, 1.82) is 0 Å². The van der Waals surface area contributed by atoms with Gasteiger partial charge in [-0.3, -0.25) is 0 Å². The van der Waals surface area contributed by atoms with E-state index in [0.29, 0.717) is 6.07 Å². The molecule has 1 rings (SSSR count). The number of nitrogens with two attached hydrogens (primary N) is 1. The van der Waals surface area contributed by atoms with Crippen molar-refractivity contribution >= 4 is 10.2 Å². The van der Waals surface area contributed by atoms with E-state index in [1.807, 2.05) is 4.72 Å². The van der Waals surface area contributed by atoms with Crippen LogP contribution in [0.1, 0.15) is 18.1 Å². The summed E-state index contributed by atoms with van der Waals surface area (Å²) in [6.45, 7) is -0.142. The van der Waals surface area contributed by atoms with Crippen LogP contribution in [0, 0.1) is 11.6 Å². The molecule has 0 aliphatic rings. The Kier molecular flexibility index (Phi) is 4.52. The SMILES string of the molecule is NS(=O)(=O)NCCC(O)c1ccc(F)cc1F. The standard InChI is InChI=1S/C9H12F2N2O3S/c10-6-1-2-7(8(11)5-6)9(14)3-4-13-17(12,15)16/h1-2,5,9,13-14H,3-4H2,(H2,12,15,16). The Morgan fingerprint density at radius 1 is 1.41 bits per heavy atom. The van der Waals surface area contributed by atoms with E-state index in [1.54, 1.807) is 0 Å². The highest BCUT2D eigenvalue weighted by molar-refractivity contribution is 7.87. The van der Waals surface area contributed by atoms with E-state index in [4.69, 9.17) is 0 Å². The van der Waals surface area contributed by atoms with Crippen molar-refractivity contribution in [3.05, 3.63) is 35.4 Å². The normalized spacial score (nSPS) is 13.6. The third kappa shape index (κ3) is 4.73. The summed E-state index contributed by atoms with van der Waals surface area (Å²) >= 11 is 0. The number of halogens is 2. The molecule has 0 saturated heterocycles. The van der Waals surface area contributed by atoms with E-state index in [-0.39, 0.29) is 18.5 Å². The minimum absolute atomic E-state index is 0.0705. The van der Waals surface area contributed by atoms with Gasteiger partial charge in [0.15, 0.2) is 0 Å². The zero-order chi connectivity index (χ0) is 13.1. The van der Waals surface area contributed by atoms with E-state index in [0.717, 1.165) is 12.1 Å². The molecule has 17 heavy (non-hydrogen) atoms. The maximum atomic E-state index is 13.2. The number of hydrogen-bond acceptors (Lipinski definition) is 3. The molecule has 1 atom stereocenters. The number of aliphatic hydroxyl groups excluding tert-OH is 1. The molecule has 8 heteroatoms. The van der Waals surface area contributed by atoms with Crippen LogP contribution in [0.25, 0.3) is 0 Å². The molecular weight excluding hydrogens is 254 g/mol. The zero-order valence-corrected chi connectivity index (χ0v) is 9.55. The average molecular weight is 266 g/mol. The van der Waals surface area contributed by atoms with Crippen LogP contribution in [-0.2, 0) is 10.2 Å². The molecule has 0 amide bonds. The lowest BCUT2D eigenvalue weighted by Gasteiger charge is -2.11. The Labute approximate surface area is 97.4 Å². The Morgan fingerprint density at radius 3 is 2.59 bits per heavy atom. The topological polar surface area (TPSA) is 92.4 Å². The molecule has 0 bridgehead atoms. The highest BCUT2D eigenvalue weighted by atomic mass is 32.2. The first-order valence-corrected chi connectivity index (χ1v) is 6.24. The number of benzene rings is 1. The molecule has 0 fully saturated rings. The van der Waals surface area contributed by atoms with Gasteiger partial charge < -0.3 is 5.11 Å². The third-order valence-corrected chi connectivity index (χ3v) is 2.65. The molecule has 0 saturated carbocycles. The Bertz CT molecular complexity index is 493. The van der Waals surface area contributed by atoms with Crippen molar-refractivity contribution in [2.45, 2.75) is 12.5 Å². The molecule has 5 nitrogen and oxygen atoms in total. The smallest absolute Gasteiger partial charge is 0.274 e. The van der Waals surface area contributed by atoms with E-state index in [2.05, 4.69) is 5.14 Å². The number of hydrogen-bond donors (Lipinski definition) is 3. The minimum atomic E-state index is -3.83. The molecule has 1 unspecified atom stereocenters. The summed E-state index contributed by atoms with van der Waals surface area (Å²) in [5.74, 6) is -1.63. The lowest BCUT2D eigenvalue weighted by Crippen LogP contribution is -2.32. The highest BCUT2D eigenvalue weighted by Crippen LogP contribution is 2.20. The van der Waals surface area contributed by atoms with Gasteiger partial charge in [0.05, 0.1) is 6.10 Å². The molecular formula is C9H12F2N2O3S. The molecule has 96 valence electrons.